The van der Waals surface area contributed by atoms with E-state index in [1.165, 1.54) is 12.3 Å². The third kappa shape index (κ3) is 4.69. The van der Waals surface area contributed by atoms with Gasteiger partial charge in [0, 0.05) is 18.3 Å². The van der Waals surface area contributed by atoms with E-state index in [-0.39, 0.29) is 17.1 Å². The van der Waals surface area contributed by atoms with Gasteiger partial charge in [-0.2, -0.15) is 13.2 Å². The number of aromatic nitrogens is 3. The van der Waals surface area contributed by atoms with E-state index >= 15 is 0 Å². The van der Waals surface area contributed by atoms with Crippen LogP contribution >= 0.6 is 0 Å². The molecule has 0 spiro atoms. The highest BCUT2D eigenvalue weighted by molar-refractivity contribution is 5.90. The van der Waals surface area contributed by atoms with Crippen molar-refractivity contribution >= 4 is 17.4 Å². The van der Waals surface area contributed by atoms with Crippen molar-refractivity contribution in [3.63, 3.8) is 0 Å². The van der Waals surface area contributed by atoms with Gasteiger partial charge in [0.1, 0.15) is 12.3 Å². The van der Waals surface area contributed by atoms with Crippen molar-refractivity contribution in [2.75, 3.05) is 18.5 Å². The Bertz CT molecular complexity index is 1160. The highest BCUT2D eigenvalue weighted by atomic mass is 19.4. The number of imidazole rings is 1. The number of nitrogens with one attached hydrogen (secondary N) is 1. The number of nitrogens with zero attached hydrogens (tertiary/aromatic N) is 3. The molecule has 0 aliphatic rings. The Morgan fingerprint density at radius 3 is 2.73 bits per heavy atom. The zero-order valence-electron chi connectivity index (χ0n) is 15.8. The Balaban J connectivity index is 2.08. The van der Waals surface area contributed by atoms with Crippen LogP contribution < -0.4 is 5.32 Å². The quantitative estimate of drug-likeness (QED) is 0.551. The summed E-state index contributed by atoms with van der Waals surface area (Å²) in [4.78, 5) is 19.7. The molecular formula is C20H17F3N4O3. The van der Waals surface area contributed by atoms with Gasteiger partial charge in [0.15, 0.2) is 11.5 Å². The molecule has 30 heavy (non-hydrogen) atoms. The molecule has 0 saturated carbocycles. The number of anilines is 1. The summed E-state index contributed by atoms with van der Waals surface area (Å²) in [5.41, 5.74) is 2.48. The van der Waals surface area contributed by atoms with Crippen molar-refractivity contribution in [2.45, 2.75) is 19.5 Å². The number of fused-ring (bicyclic) bond motifs is 1. The molecule has 0 radical (unpaired) electrons. The van der Waals surface area contributed by atoms with Gasteiger partial charge in [-0.3, -0.25) is 4.40 Å². The fourth-order valence-corrected chi connectivity index (χ4v) is 2.90. The topological polar surface area (TPSA) is 99.8 Å². The molecule has 0 unspecified atom stereocenters. The molecule has 3 aromatic rings. The second-order valence-corrected chi connectivity index (χ2v) is 6.40. The van der Waals surface area contributed by atoms with Gasteiger partial charge >= 0.3 is 12.1 Å². The zero-order valence-corrected chi connectivity index (χ0v) is 15.8. The molecule has 3 rings (SSSR count). The number of hydrogen-bond donors (Lipinski definition) is 3. The Morgan fingerprint density at radius 1 is 1.33 bits per heavy atom. The van der Waals surface area contributed by atoms with Gasteiger partial charge in [0.2, 0.25) is 0 Å². The minimum Gasteiger partial charge on any atom is -0.478 e. The highest BCUT2D eigenvalue weighted by Gasteiger charge is 2.26. The first-order valence-corrected chi connectivity index (χ1v) is 8.82. The minimum atomic E-state index is -4.32. The molecule has 2 aromatic heterocycles. The smallest absolute Gasteiger partial charge is 0.390 e. The molecule has 10 heteroatoms. The Kier molecular flexibility index (Phi) is 5.94. The SMILES string of the molecule is Cc1cc(-c2cnc3c(NCCC(F)(F)F)nc(C#CCO)cn23)ccc1C(=O)O. The molecule has 0 aliphatic carbocycles. The summed E-state index contributed by atoms with van der Waals surface area (Å²) in [6, 6.07) is 4.78. The summed E-state index contributed by atoms with van der Waals surface area (Å²) in [5, 5.41) is 20.8. The summed E-state index contributed by atoms with van der Waals surface area (Å²) < 4.78 is 39.1. The molecule has 0 amide bonds. The van der Waals surface area contributed by atoms with Crippen molar-refractivity contribution in [2.24, 2.45) is 0 Å². The molecule has 3 N–H and O–H groups in total. The molecule has 0 saturated heterocycles. The molecule has 0 atom stereocenters. The number of alkyl halides is 3. The maximum atomic E-state index is 12.5. The lowest BCUT2D eigenvalue weighted by Gasteiger charge is -2.11. The minimum absolute atomic E-state index is 0.120. The van der Waals surface area contributed by atoms with Crippen LogP contribution in [0.25, 0.3) is 16.9 Å². The van der Waals surface area contributed by atoms with Gasteiger partial charge in [-0.05, 0) is 30.5 Å². The van der Waals surface area contributed by atoms with Crippen LogP contribution in [0.3, 0.4) is 0 Å². The van der Waals surface area contributed by atoms with Gasteiger partial charge < -0.3 is 15.5 Å². The Morgan fingerprint density at radius 2 is 2.10 bits per heavy atom. The average molecular weight is 418 g/mol. The number of hydrogen-bond acceptors (Lipinski definition) is 5. The van der Waals surface area contributed by atoms with Crippen LogP contribution in [0.5, 0.6) is 0 Å². The lowest BCUT2D eigenvalue weighted by molar-refractivity contribution is -0.131. The van der Waals surface area contributed by atoms with E-state index in [9.17, 15) is 23.1 Å². The maximum Gasteiger partial charge on any atom is 0.390 e. The van der Waals surface area contributed by atoms with Crippen molar-refractivity contribution in [1.82, 2.24) is 14.4 Å². The first-order valence-electron chi connectivity index (χ1n) is 8.82. The van der Waals surface area contributed by atoms with E-state index in [2.05, 4.69) is 27.1 Å². The van der Waals surface area contributed by atoms with Crippen LogP contribution in [0.1, 0.15) is 28.0 Å². The number of carboxylic acid groups (broad SMARTS) is 1. The summed E-state index contributed by atoms with van der Waals surface area (Å²) in [6.45, 7) is 0.876. The van der Waals surface area contributed by atoms with Crippen molar-refractivity contribution in [3.8, 4) is 23.1 Å². The van der Waals surface area contributed by atoms with Crippen LogP contribution in [0.15, 0.2) is 30.6 Å². The Labute approximate surface area is 169 Å². The number of carboxylic acids is 1. The Hall–Kier alpha value is -3.58. The fourth-order valence-electron chi connectivity index (χ4n) is 2.90. The molecule has 0 fully saturated rings. The average Bonchev–Trinajstić information content (AvgIpc) is 3.09. The van der Waals surface area contributed by atoms with Gasteiger partial charge in [-0.15, -0.1) is 0 Å². The van der Waals surface area contributed by atoms with E-state index in [1.54, 1.807) is 29.7 Å². The number of aliphatic hydroxyl groups is 1. The third-order valence-corrected chi connectivity index (χ3v) is 4.24. The lowest BCUT2D eigenvalue weighted by atomic mass is 10.0. The number of halogens is 3. The van der Waals surface area contributed by atoms with Crippen LogP contribution in [0.2, 0.25) is 0 Å². The molecule has 0 bridgehead atoms. The first-order chi connectivity index (χ1) is 14.2. The number of rotatable bonds is 5. The molecular weight excluding hydrogens is 401 g/mol. The summed E-state index contributed by atoms with van der Waals surface area (Å²) in [5.74, 6) is 4.17. The lowest BCUT2D eigenvalue weighted by Crippen LogP contribution is -2.16. The summed E-state index contributed by atoms with van der Waals surface area (Å²) in [7, 11) is 0. The maximum absolute atomic E-state index is 12.5. The van der Waals surface area contributed by atoms with Gasteiger partial charge in [0.25, 0.3) is 0 Å². The summed E-state index contributed by atoms with van der Waals surface area (Å²) >= 11 is 0. The fraction of sp³-hybridized carbons (Fsp3) is 0.250. The summed E-state index contributed by atoms with van der Waals surface area (Å²) in [6.07, 6.45) is -2.29. The zero-order chi connectivity index (χ0) is 21.9. The number of carbonyl (C=O) groups is 1. The predicted molar refractivity (Wildman–Crippen MR) is 103 cm³/mol. The van der Waals surface area contributed by atoms with E-state index in [0.29, 0.717) is 22.5 Å². The monoisotopic (exact) mass is 418 g/mol. The van der Waals surface area contributed by atoms with Crippen molar-refractivity contribution in [1.29, 1.82) is 0 Å². The standard InChI is InChI=1S/C20H17F3N4O3/c1-12-9-13(4-5-15(12)19(29)30)16-10-25-18-17(24-7-6-20(21,22)23)26-14(3-2-8-28)11-27(16)18/h4-5,9-11,28H,6-8H2,1H3,(H,24,26)(H,29,30). The van der Waals surface area contributed by atoms with Gasteiger partial charge in [-0.25, -0.2) is 14.8 Å². The van der Waals surface area contributed by atoms with Gasteiger partial charge in [0.05, 0.1) is 23.9 Å². The van der Waals surface area contributed by atoms with E-state index in [4.69, 9.17) is 5.11 Å². The molecule has 0 aliphatic heterocycles. The molecule has 2 heterocycles. The van der Waals surface area contributed by atoms with Crippen LogP contribution in [-0.4, -0.2) is 49.9 Å². The largest absolute Gasteiger partial charge is 0.478 e. The number of aromatic carboxylic acids is 1. The normalized spacial score (nSPS) is 11.2. The number of aryl methyl sites for hydroxylation is 1. The number of benzene rings is 1. The molecule has 7 nitrogen and oxygen atoms in total. The molecule has 156 valence electrons. The van der Waals surface area contributed by atoms with Crippen molar-refractivity contribution in [3.05, 3.63) is 47.4 Å². The van der Waals surface area contributed by atoms with Crippen LogP contribution in [-0.2, 0) is 0 Å². The third-order valence-electron chi connectivity index (χ3n) is 4.24. The van der Waals surface area contributed by atoms with Crippen LogP contribution in [0, 0.1) is 18.8 Å². The molecule has 1 aromatic carbocycles. The van der Waals surface area contributed by atoms with E-state index in [1.807, 2.05) is 0 Å². The van der Waals surface area contributed by atoms with Crippen molar-refractivity contribution < 1.29 is 28.2 Å². The van der Waals surface area contributed by atoms with E-state index in [0.717, 1.165) is 0 Å². The second-order valence-electron chi connectivity index (χ2n) is 6.40. The van der Waals surface area contributed by atoms with E-state index < -0.39 is 31.7 Å². The van der Waals surface area contributed by atoms with Gasteiger partial charge in [-0.1, -0.05) is 12.0 Å². The second kappa shape index (κ2) is 8.42. The van der Waals surface area contributed by atoms with Crippen LogP contribution in [0.4, 0.5) is 19.0 Å². The highest BCUT2D eigenvalue weighted by Crippen LogP contribution is 2.27. The first kappa shape index (κ1) is 21.1. The number of aliphatic hydroxyl groups excluding tert-OH is 1. The predicted octanol–water partition coefficient (Wildman–Crippen LogP) is 3.11.